The van der Waals surface area contributed by atoms with Gasteiger partial charge in [-0.25, -0.2) is 0 Å². The number of hydrogen-bond acceptors (Lipinski definition) is 1. The zero-order valence-electron chi connectivity index (χ0n) is 9.48. The molecule has 0 aliphatic heterocycles. The first-order valence-electron chi connectivity index (χ1n) is 5.27. The van der Waals surface area contributed by atoms with Crippen molar-refractivity contribution in [3.63, 3.8) is 0 Å². The van der Waals surface area contributed by atoms with Gasteiger partial charge in [0.15, 0.2) is 0 Å². The summed E-state index contributed by atoms with van der Waals surface area (Å²) in [4.78, 5) is 2.54. The van der Waals surface area contributed by atoms with Crippen molar-refractivity contribution in [1.29, 1.82) is 0 Å². The normalized spacial score (nSPS) is 12.5. The van der Waals surface area contributed by atoms with Crippen molar-refractivity contribution in [1.82, 2.24) is 4.90 Å². The minimum Gasteiger partial charge on any atom is -0.299 e. The zero-order valence-corrected chi connectivity index (χ0v) is 9.48. The van der Waals surface area contributed by atoms with Crippen LogP contribution < -0.4 is 0 Å². The first-order chi connectivity index (χ1) is 5.52. The van der Waals surface area contributed by atoms with Gasteiger partial charge in [-0.1, -0.05) is 26.7 Å². The van der Waals surface area contributed by atoms with E-state index in [2.05, 4.69) is 39.5 Å². The van der Waals surface area contributed by atoms with E-state index in [-0.39, 0.29) is 0 Å². The highest BCUT2D eigenvalue weighted by atomic mass is 15.2. The highest BCUT2D eigenvalue weighted by Crippen LogP contribution is 2.13. The fourth-order valence-corrected chi connectivity index (χ4v) is 1.52. The summed E-state index contributed by atoms with van der Waals surface area (Å²) in [6, 6.07) is 0. The van der Waals surface area contributed by atoms with Gasteiger partial charge in [0.2, 0.25) is 0 Å². The van der Waals surface area contributed by atoms with Crippen LogP contribution >= 0.6 is 0 Å². The molecule has 1 nitrogen and oxygen atoms in total. The van der Waals surface area contributed by atoms with E-state index in [0.717, 1.165) is 0 Å². The topological polar surface area (TPSA) is 3.24 Å². The van der Waals surface area contributed by atoms with Gasteiger partial charge in [-0.15, -0.1) is 0 Å². The van der Waals surface area contributed by atoms with E-state index >= 15 is 0 Å². The van der Waals surface area contributed by atoms with Crippen LogP contribution in [0.2, 0.25) is 0 Å². The third kappa shape index (κ3) is 4.76. The summed E-state index contributed by atoms with van der Waals surface area (Å²) >= 11 is 0. The van der Waals surface area contributed by atoms with Gasteiger partial charge in [0.1, 0.15) is 0 Å². The van der Waals surface area contributed by atoms with Gasteiger partial charge in [-0.2, -0.15) is 0 Å². The molecule has 1 heteroatoms. The Hall–Kier alpha value is -0.0400. The van der Waals surface area contributed by atoms with E-state index in [1.54, 1.807) is 0 Å². The molecule has 0 radical (unpaired) electrons. The van der Waals surface area contributed by atoms with Gasteiger partial charge in [0, 0.05) is 5.54 Å². The van der Waals surface area contributed by atoms with E-state index in [9.17, 15) is 0 Å². The summed E-state index contributed by atoms with van der Waals surface area (Å²) in [6.07, 6.45) is 4.04. The molecule has 0 amide bonds. The molecule has 0 atom stereocenters. The van der Waals surface area contributed by atoms with Crippen molar-refractivity contribution in [2.24, 2.45) is 0 Å². The lowest BCUT2D eigenvalue weighted by molar-refractivity contribution is 0.142. The summed E-state index contributed by atoms with van der Waals surface area (Å²) in [7, 11) is 0. The largest absolute Gasteiger partial charge is 0.299 e. The predicted octanol–water partition coefficient (Wildman–Crippen LogP) is 3.30. The number of unbranched alkanes of at least 4 members (excludes halogenated alkanes) is 2. The first-order valence-corrected chi connectivity index (χ1v) is 5.27. The molecule has 74 valence electrons. The minimum atomic E-state index is 0.350. The molecule has 12 heavy (non-hydrogen) atoms. The fraction of sp³-hybridized carbons (Fsp3) is 1.00. The van der Waals surface area contributed by atoms with Crippen LogP contribution in [0.5, 0.6) is 0 Å². The van der Waals surface area contributed by atoms with Crippen LogP contribution in [0.15, 0.2) is 0 Å². The minimum absolute atomic E-state index is 0.350. The number of hydrogen-bond donors (Lipinski definition) is 0. The molecule has 0 aliphatic rings. The van der Waals surface area contributed by atoms with E-state index < -0.39 is 0 Å². The van der Waals surface area contributed by atoms with Crippen molar-refractivity contribution < 1.29 is 0 Å². The third-order valence-electron chi connectivity index (χ3n) is 2.36. The fourth-order valence-electron chi connectivity index (χ4n) is 1.52. The Morgan fingerprint density at radius 3 is 1.92 bits per heavy atom. The lowest BCUT2D eigenvalue weighted by atomic mass is 10.1. The maximum Gasteiger partial charge on any atom is 0.0124 e. The molecule has 0 rings (SSSR count). The second kappa shape index (κ2) is 5.58. The Kier molecular flexibility index (Phi) is 5.56. The molecular formula is C11H25N. The molecule has 0 aromatic heterocycles. The Morgan fingerprint density at radius 1 is 1.00 bits per heavy atom. The van der Waals surface area contributed by atoms with Gasteiger partial charge in [-0.3, -0.25) is 4.90 Å². The summed E-state index contributed by atoms with van der Waals surface area (Å²) in [5.74, 6) is 0. The van der Waals surface area contributed by atoms with Gasteiger partial charge in [-0.05, 0) is 40.3 Å². The van der Waals surface area contributed by atoms with Crippen LogP contribution in [0.1, 0.15) is 53.9 Å². The smallest absolute Gasteiger partial charge is 0.0124 e. The second-order valence-electron chi connectivity index (χ2n) is 4.46. The van der Waals surface area contributed by atoms with Crippen LogP contribution in [0.3, 0.4) is 0 Å². The lowest BCUT2D eigenvalue weighted by Gasteiger charge is -2.34. The van der Waals surface area contributed by atoms with Gasteiger partial charge in [0.05, 0.1) is 0 Å². The maximum absolute atomic E-state index is 2.54. The molecule has 0 saturated heterocycles. The summed E-state index contributed by atoms with van der Waals surface area (Å²) in [5, 5.41) is 0. The number of nitrogens with zero attached hydrogens (tertiary/aromatic N) is 1. The standard InChI is InChI=1S/C11H25N/c1-6-8-9-10-12(7-2)11(3,4)5/h6-10H2,1-5H3. The van der Waals surface area contributed by atoms with Crippen LogP contribution in [-0.4, -0.2) is 23.5 Å². The van der Waals surface area contributed by atoms with E-state index in [0.29, 0.717) is 5.54 Å². The molecule has 0 fully saturated rings. The van der Waals surface area contributed by atoms with Crippen molar-refractivity contribution in [2.75, 3.05) is 13.1 Å². The Balaban J connectivity index is 3.68. The molecular weight excluding hydrogens is 146 g/mol. The zero-order chi connectivity index (χ0) is 9.61. The van der Waals surface area contributed by atoms with Crippen LogP contribution in [-0.2, 0) is 0 Å². The third-order valence-corrected chi connectivity index (χ3v) is 2.36. The lowest BCUT2D eigenvalue weighted by Crippen LogP contribution is -2.41. The van der Waals surface area contributed by atoms with Crippen molar-refractivity contribution in [3.05, 3.63) is 0 Å². The predicted molar refractivity (Wildman–Crippen MR) is 56.5 cm³/mol. The molecule has 0 bridgehead atoms. The Bertz CT molecular complexity index is 102. The molecule has 0 heterocycles. The highest BCUT2D eigenvalue weighted by molar-refractivity contribution is 4.74. The second-order valence-corrected chi connectivity index (χ2v) is 4.46. The van der Waals surface area contributed by atoms with Gasteiger partial charge >= 0.3 is 0 Å². The van der Waals surface area contributed by atoms with E-state index in [1.807, 2.05) is 0 Å². The van der Waals surface area contributed by atoms with Crippen LogP contribution in [0.25, 0.3) is 0 Å². The monoisotopic (exact) mass is 171 g/mol. The van der Waals surface area contributed by atoms with Crippen molar-refractivity contribution in [3.8, 4) is 0 Å². The molecule has 0 saturated carbocycles. The summed E-state index contributed by atoms with van der Waals surface area (Å²) in [5.41, 5.74) is 0.350. The highest BCUT2D eigenvalue weighted by Gasteiger charge is 2.18. The molecule has 0 unspecified atom stereocenters. The van der Waals surface area contributed by atoms with Gasteiger partial charge < -0.3 is 0 Å². The summed E-state index contributed by atoms with van der Waals surface area (Å²) in [6.45, 7) is 13.8. The average Bonchev–Trinajstić information content (AvgIpc) is 1.95. The van der Waals surface area contributed by atoms with Crippen LogP contribution in [0.4, 0.5) is 0 Å². The molecule has 0 aromatic carbocycles. The molecule has 0 aromatic rings. The molecule has 0 N–H and O–H groups in total. The first kappa shape index (κ1) is 12.0. The molecule has 0 spiro atoms. The SMILES string of the molecule is CCCCCN(CC)C(C)(C)C. The summed E-state index contributed by atoms with van der Waals surface area (Å²) < 4.78 is 0. The quantitative estimate of drug-likeness (QED) is 0.574. The average molecular weight is 171 g/mol. The Labute approximate surface area is 78.1 Å². The molecule has 0 aliphatic carbocycles. The van der Waals surface area contributed by atoms with Crippen LogP contribution in [0, 0.1) is 0 Å². The van der Waals surface area contributed by atoms with Crippen molar-refractivity contribution in [2.45, 2.75) is 59.4 Å². The van der Waals surface area contributed by atoms with E-state index in [4.69, 9.17) is 0 Å². The number of rotatable bonds is 5. The Morgan fingerprint density at radius 2 is 1.58 bits per heavy atom. The van der Waals surface area contributed by atoms with Gasteiger partial charge in [0.25, 0.3) is 0 Å². The van der Waals surface area contributed by atoms with E-state index in [1.165, 1.54) is 32.4 Å². The van der Waals surface area contributed by atoms with Crippen molar-refractivity contribution >= 4 is 0 Å². The maximum atomic E-state index is 2.54.